The van der Waals surface area contributed by atoms with E-state index in [1.54, 1.807) is 6.92 Å². The van der Waals surface area contributed by atoms with Gasteiger partial charge in [0.2, 0.25) is 11.8 Å². The Morgan fingerprint density at radius 2 is 1.92 bits per heavy atom. The molecule has 0 saturated carbocycles. The van der Waals surface area contributed by atoms with E-state index < -0.39 is 23.8 Å². The van der Waals surface area contributed by atoms with E-state index in [0.717, 1.165) is 0 Å². The second-order valence-corrected chi connectivity index (χ2v) is 2.85. The van der Waals surface area contributed by atoms with Crippen LogP contribution in [0.4, 0.5) is 0 Å². The number of aliphatic hydroxyl groups excluding tert-OH is 1. The van der Waals surface area contributed by atoms with E-state index in [-0.39, 0.29) is 19.3 Å². The number of carbonyl (C=O) groups is 3. The van der Waals surface area contributed by atoms with Crippen LogP contribution in [-0.2, 0) is 14.4 Å². The quantitative estimate of drug-likeness (QED) is 0.597. The lowest BCUT2D eigenvalue weighted by Crippen LogP contribution is -2.44. The number of aliphatic hydroxyl groups is 1. The van der Waals surface area contributed by atoms with Gasteiger partial charge in [0.1, 0.15) is 0 Å². The van der Waals surface area contributed by atoms with Crippen molar-refractivity contribution < 1.29 is 19.5 Å². The number of imide groups is 1. The third-order valence-electron chi connectivity index (χ3n) is 1.97. The second kappa shape index (κ2) is 3.66. The molecule has 13 heavy (non-hydrogen) atoms. The average Bonchev–Trinajstić information content (AvgIpc) is 2.44. The summed E-state index contributed by atoms with van der Waals surface area (Å²) in [6.07, 6.45) is -1.29. The fraction of sp³-hybridized carbons (Fsp3) is 0.625. The Balaban J connectivity index is 2.75. The van der Waals surface area contributed by atoms with E-state index in [9.17, 15) is 19.5 Å². The van der Waals surface area contributed by atoms with Gasteiger partial charge in [-0.15, -0.1) is 0 Å². The van der Waals surface area contributed by atoms with E-state index in [0.29, 0.717) is 4.90 Å². The highest BCUT2D eigenvalue weighted by Crippen LogP contribution is 2.15. The molecular formula is C8H11NO4. The van der Waals surface area contributed by atoms with Gasteiger partial charge in [-0.2, -0.15) is 0 Å². The van der Waals surface area contributed by atoms with Gasteiger partial charge in [-0.1, -0.05) is 6.92 Å². The maximum Gasteiger partial charge on any atom is 0.232 e. The molecule has 0 spiro atoms. The highest BCUT2D eigenvalue weighted by Gasteiger charge is 2.36. The molecule has 1 aliphatic rings. The summed E-state index contributed by atoms with van der Waals surface area (Å²) in [6.45, 7) is 1.57. The Kier molecular flexibility index (Phi) is 2.77. The minimum atomic E-state index is -1.58. The molecule has 72 valence electrons. The first-order valence-corrected chi connectivity index (χ1v) is 4.13. The van der Waals surface area contributed by atoms with Crippen LogP contribution in [0.3, 0.4) is 0 Å². The monoisotopic (exact) mass is 185 g/mol. The van der Waals surface area contributed by atoms with E-state index in [1.807, 2.05) is 0 Å². The number of amides is 2. The van der Waals surface area contributed by atoms with Gasteiger partial charge in [0.05, 0.1) is 0 Å². The summed E-state index contributed by atoms with van der Waals surface area (Å²) in [7, 11) is 0. The number of hydrogen-bond donors (Lipinski definition) is 1. The molecule has 1 aliphatic heterocycles. The molecule has 1 unspecified atom stereocenters. The number of ketones is 1. The first-order valence-electron chi connectivity index (χ1n) is 4.13. The van der Waals surface area contributed by atoms with Gasteiger partial charge in [0.15, 0.2) is 12.0 Å². The first kappa shape index (κ1) is 9.85. The minimum absolute atomic E-state index is 0.0902. The topological polar surface area (TPSA) is 74.7 Å². The van der Waals surface area contributed by atoms with Crippen LogP contribution in [0.25, 0.3) is 0 Å². The lowest BCUT2D eigenvalue weighted by Gasteiger charge is -2.18. The second-order valence-electron chi connectivity index (χ2n) is 2.85. The Labute approximate surface area is 75.3 Å². The Hall–Kier alpha value is -1.23. The van der Waals surface area contributed by atoms with Crippen LogP contribution in [0.2, 0.25) is 0 Å². The van der Waals surface area contributed by atoms with Crippen LogP contribution in [0, 0.1) is 0 Å². The van der Waals surface area contributed by atoms with Gasteiger partial charge in [-0.05, 0) is 0 Å². The van der Waals surface area contributed by atoms with Crippen LogP contribution in [0.15, 0.2) is 0 Å². The molecule has 5 heteroatoms. The summed E-state index contributed by atoms with van der Waals surface area (Å²) in [5.41, 5.74) is 0. The van der Waals surface area contributed by atoms with Crippen LogP contribution >= 0.6 is 0 Å². The molecule has 5 nitrogen and oxygen atoms in total. The van der Waals surface area contributed by atoms with Gasteiger partial charge in [0, 0.05) is 19.3 Å². The molecule has 0 aromatic carbocycles. The van der Waals surface area contributed by atoms with E-state index in [2.05, 4.69) is 0 Å². The SMILES string of the molecule is CCC(=O)C(O)N1C(=O)CCC1=O. The molecule has 2 amide bonds. The summed E-state index contributed by atoms with van der Waals surface area (Å²) in [5.74, 6) is -1.46. The van der Waals surface area contributed by atoms with E-state index in [4.69, 9.17) is 0 Å². The van der Waals surface area contributed by atoms with Crippen LogP contribution in [0.5, 0.6) is 0 Å². The fourth-order valence-corrected chi connectivity index (χ4v) is 1.19. The maximum absolute atomic E-state index is 11.0. The van der Waals surface area contributed by atoms with E-state index in [1.165, 1.54) is 0 Å². The number of carbonyl (C=O) groups excluding carboxylic acids is 3. The van der Waals surface area contributed by atoms with Gasteiger partial charge in [-0.3, -0.25) is 14.4 Å². The van der Waals surface area contributed by atoms with E-state index >= 15 is 0 Å². The Morgan fingerprint density at radius 3 is 2.31 bits per heavy atom. The molecule has 0 aliphatic carbocycles. The maximum atomic E-state index is 11.0. The van der Waals surface area contributed by atoms with Crippen LogP contribution in [0.1, 0.15) is 26.2 Å². The molecule has 1 saturated heterocycles. The molecule has 1 atom stereocenters. The smallest absolute Gasteiger partial charge is 0.232 e. The summed E-state index contributed by atoms with van der Waals surface area (Å²) in [4.78, 5) is 33.7. The summed E-state index contributed by atoms with van der Waals surface area (Å²) in [6, 6.07) is 0. The molecule has 1 heterocycles. The predicted octanol–water partition coefficient (Wildman–Crippen LogP) is -0.567. The van der Waals surface area contributed by atoms with Crippen molar-refractivity contribution in [2.24, 2.45) is 0 Å². The highest BCUT2D eigenvalue weighted by atomic mass is 16.3. The van der Waals surface area contributed by atoms with Crippen molar-refractivity contribution in [2.75, 3.05) is 0 Å². The third kappa shape index (κ3) is 1.75. The molecule has 0 radical (unpaired) electrons. The molecule has 1 rings (SSSR count). The number of hydrogen-bond acceptors (Lipinski definition) is 4. The number of Topliss-reactive ketones (excluding diaryl/α,β-unsaturated/α-hetero) is 1. The van der Waals surface area contributed by atoms with Crippen molar-refractivity contribution in [3.8, 4) is 0 Å². The number of likely N-dealkylation sites (tertiary alicyclic amines) is 1. The molecular weight excluding hydrogens is 174 g/mol. The lowest BCUT2D eigenvalue weighted by molar-refractivity contribution is -0.157. The van der Waals surface area contributed by atoms with Gasteiger partial charge < -0.3 is 5.11 Å². The standard InChI is InChI=1S/C8H11NO4/c1-2-5(10)8(13)9-6(11)3-4-7(9)12/h8,13H,2-4H2,1H3. The Morgan fingerprint density at radius 1 is 1.46 bits per heavy atom. The van der Waals surface area contributed by atoms with Crippen molar-refractivity contribution in [3.63, 3.8) is 0 Å². The largest absolute Gasteiger partial charge is 0.366 e. The van der Waals surface area contributed by atoms with Gasteiger partial charge in [0.25, 0.3) is 0 Å². The first-order chi connectivity index (χ1) is 6.07. The fourth-order valence-electron chi connectivity index (χ4n) is 1.19. The van der Waals surface area contributed by atoms with Crippen molar-refractivity contribution >= 4 is 17.6 Å². The zero-order valence-electron chi connectivity index (χ0n) is 7.32. The average molecular weight is 185 g/mol. The van der Waals surface area contributed by atoms with Crippen molar-refractivity contribution in [1.29, 1.82) is 0 Å². The van der Waals surface area contributed by atoms with Gasteiger partial charge in [-0.25, -0.2) is 4.90 Å². The lowest BCUT2D eigenvalue weighted by atomic mass is 10.2. The number of nitrogens with zero attached hydrogens (tertiary/aromatic N) is 1. The predicted molar refractivity (Wildman–Crippen MR) is 42.4 cm³/mol. The number of rotatable bonds is 3. The summed E-state index contributed by atoms with van der Waals surface area (Å²) >= 11 is 0. The summed E-state index contributed by atoms with van der Waals surface area (Å²) in [5, 5.41) is 9.29. The zero-order valence-corrected chi connectivity index (χ0v) is 7.32. The van der Waals surface area contributed by atoms with Crippen LogP contribution < -0.4 is 0 Å². The molecule has 0 aromatic rings. The minimum Gasteiger partial charge on any atom is -0.366 e. The van der Waals surface area contributed by atoms with Crippen LogP contribution in [-0.4, -0.2) is 33.8 Å². The molecule has 0 aromatic heterocycles. The van der Waals surface area contributed by atoms with Crippen molar-refractivity contribution in [3.05, 3.63) is 0 Å². The highest BCUT2D eigenvalue weighted by molar-refractivity contribution is 6.05. The molecule has 1 N–H and O–H groups in total. The van der Waals surface area contributed by atoms with Gasteiger partial charge >= 0.3 is 0 Å². The zero-order chi connectivity index (χ0) is 10.0. The third-order valence-corrected chi connectivity index (χ3v) is 1.97. The van der Waals surface area contributed by atoms with Crippen molar-refractivity contribution in [2.45, 2.75) is 32.4 Å². The summed E-state index contributed by atoms with van der Waals surface area (Å²) < 4.78 is 0. The van der Waals surface area contributed by atoms with Crippen molar-refractivity contribution in [1.82, 2.24) is 4.90 Å². The molecule has 1 fully saturated rings. The Bertz CT molecular complexity index is 245. The normalized spacial score (nSPS) is 19.4. The molecule has 0 bridgehead atoms.